The molecule has 1 saturated heterocycles. The number of benzene rings is 2. The minimum Gasteiger partial charge on any atom is -0.398 e. The van der Waals surface area contributed by atoms with E-state index in [1.807, 2.05) is 0 Å². The van der Waals surface area contributed by atoms with Gasteiger partial charge in [0.2, 0.25) is 0 Å². The van der Waals surface area contributed by atoms with Gasteiger partial charge in [0.05, 0.1) is 11.1 Å². The summed E-state index contributed by atoms with van der Waals surface area (Å²) in [5, 5.41) is 2.52. The number of rotatable bonds is 4. The molecule has 25 heavy (non-hydrogen) atoms. The molecule has 0 spiro atoms. The largest absolute Gasteiger partial charge is 0.416 e. The number of carbonyl (C=O) groups excluding carboxylic acids is 1. The van der Waals surface area contributed by atoms with E-state index >= 15 is 0 Å². The van der Waals surface area contributed by atoms with Gasteiger partial charge in [0.25, 0.3) is 5.91 Å². The summed E-state index contributed by atoms with van der Waals surface area (Å²) in [6.07, 6.45) is -3.42. The molecule has 0 radical (unpaired) electrons. The first-order chi connectivity index (χ1) is 11.8. The van der Waals surface area contributed by atoms with Crippen LogP contribution >= 0.6 is 0 Å². The van der Waals surface area contributed by atoms with Crippen LogP contribution in [0.15, 0.2) is 42.5 Å². The number of nitrogens with zero attached hydrogens (tertiary/aromatic N) is 1. The lowest BCUT2D eigenvalue weighted by atomic mass is 10.1. The zero-order valence-electron chi connectivity index (χ0n) is 13.4. The van der Waals surface area contributed by atoms with E-state index in [9.17, 15) is 18.0 Å². The molecule has 1 fully saturated rings. The molecule has 1 aliphatic rings. The second-order valence-electron chi connectivity index (χ2n) is 6.09. The molecule has 3 N–H and O–H groups in total. The van der Waals surface area contributed by atoms with Crippen LogP contribution in [0, 0.1) is 0 Å². The molecule has 7 heteroatoms. The number of nitrogens with one attached hydrogen (secondary N) is 1. The summed E-state index contributed by atoms with van der Waals surface area (Å²) in [6.45, 7) is 2.18. The van der Waals surface area contributed by atoms with E-state index in [0.29, 0.717) is 12.1 Å². The second kappa shape index (κ2) is 6.76. The standard InChI is InChI=1S/C18H18F3N3O/c19-18(20,21)13-8-12(11-24-6-3-7-24)9-14(10-13)23-17(25)15-4-1-2-5-16(15)22/h1-2,4-5,8-10H,3,6-7,11,22H2,(H,23,25). The van der Waals surface area contributed by atoms with Gasteiger partial charge in [-0.15, -0.1) is 0 Å². The zero-order chi connectivity index (χ0) is 18.0. The average molecular weight is 349 g/mol. The summed E-state index contributed by atoms with van der Waals surface area (Å²) >= 11 is 0. The maximum Gasteiger partial charge on any atom is 0.416 e. The maximum atomic E-state index is 13.2. The highest BCUT2D eigenvalue weighted by atomic mass is 19.4. The number of hydrogen-bond donors (Lipinski definition) is 2. The number of anilines is 2. The SMILES string of the molecule is Nc1ccccc1C(=O)Nc1cc(CN2CCC2)cc(C(F)(F)F)c1. The monoisotopic (exact) mass is 349 g/mol. The van der Waals surface area contributed by atoms with Crippen molar-refractivity contribution in [3.63, 3.8) is 0 Å². The summed E-state index contributed by atoms with van der Waals surface area (Å²) in [5.41, 5.74) is 6.10. The number of para-hydroxylation sites is 1. The molecule has 0 saturated carbocycles. The van der Waals surface area contributed by atoms with Crippen molar-refractivity contribution >= 4 is 17.3 Å². The van der Waals surface area contributed by atoms with Crippen molar-refractivity contribution < 1.29 is 18.0 Å². The molecular formula is C18H18F3N3O. The van der Waals surface area contributed by atoms with E-state index in [2.05, 4.69) is 10.2 Å². The van der Waals surface area contributed by atoms with Gasteiger partial charge in [-0.1, -0.05) is 12.1 Å². The number of amides is 1. The van der Waals surface area contributed by atoms with E-state index in [-0.39, 0.29) is 16.9 Å². The van der Waals surface area contributed by atoms with Crippen molar-refractivity contribution in [1.29, 1.82) is 0 Å². The van der Waals surface area contributed by atoms with Gasteiger partial charge < -0.3 is 11.1 Å². The number of alkyl halides is 3. The Labute approximate surface area is 143 Å². The van der Waals surface area contributed by atoms with Crippen LogP contribution in [0.3, 0.4) is 0 Å². The summed E-state index contributed by atoms with van der Waals surface area (Å²) < 4.78 is 39.5. The highest BCUT2D eigenvalue weighted by molar-refractivity contribution is 6.07. The first kappa shape index (κ1) is 17.3. The van der Waals surface area contributed by atoms with Crippen LogP contribution in [0.1, 0.15) is 27.9 Å². The second-order valence-corrected chi connectivity index (χ2v) is 6.09. The number of likely N-dealkylation sites (tertiary alicyclic amines) is 1. The van der Waals surface area contributed by atoms with Gasteiger partial charge in [-0.2, -0.15) is 13.2 Å². The summed E-state index contributed by atoms with van der Waals surface area (Å²) in [6, 6.07) is 10.1. The Morgan fingerprint density at radius 1 is 1.16 bits per heavy atom. The Bertz CT molecular complexity index is 785. The molecule has 1 amide bonds. The van der Waals surface area contributed by atoms with Crippen molar-refractivity contribution in [1.82, 2.24) is 4.90 Å². The number of nitrogen functional groups attached to an aromatic ring is 1. The molecule has 2 aromatic carbocycles. The third-order valence-corrected chi connectivity index (χ3v) is 4.14. The molecule has 0 unspecified atom stereocenters. The van der Waals surface area contributed by atoms with Gasteiger partial charge in [0.15, 0.2) is 0 Å². The smallest absolute Gasteiger partial charge is 0.398 e. The molecule has 1 heterocycles. The Morgan fingerprint density at radius 3 is 2.48 bits per heavy atom. The lowest BCUT2D eigenvalue weighted by molar-refractivity contribution is -0.137. The van der Waals surface area contributed by atoms with E-state index in [1.165, 1.54) is 6.07 Å². The summed E-state index contributed by atoms with van der Waals surface area (Å²) in [4.78, 5) is 14.4. The van der Waals surface area contributed by atoms with Gasteiger partial charge in [-0.3, -0.25) is 9.69 Å². The van der Waals surface area contributed by atoms with Crippen molar-refractivity contribution in [2.75, 3.05) is 24.1 Å². The predicted molar refractivity (Wildman–Crippen MR) is 90.1 cm³/mol. The van der Waals surface area contributed by atoms with E-state index in [0.717, 1.165) is 31.6 Å². The maximum absolute atomic E-state index is 13.2. The normalized spacial score (nSPS) is 14.8. The molecule has 132 valence electrons. The Kier molecular flexibility index (Phi) is 4.67. The molecule has 3 rings (SSSR count). The lowest BCUT2D eigenvalue weighted by Gasteiger charge is -2.31. The Balaban J connectivity index is 1.87. The number of carbonyl (C=O) groups is 1. The van der Waals surface area contributed by atoms with Crippen molar-refractivity contribution in [3.05, 3.63) is 59.2 Å². The highest BCUT2D eigenvalue weighted by Gasteiger charge is 2.31. The van der Waals surface area contributed by atoms with Crippen LogP contribution in [-0.2, 0) is 12.7 Å². The number of hydrogen-bond acceptors (Lipinski definition) is 3. The average Bonchev–Trinajstić information content (AvgIpc) is 2.50. The predicted octanol–water partition coefficient (Wildman–Crippen LogP) is 3.75. The minimum absolute atomic E-state index is 0.110. The van der Waals surface area contributed by atoms with E-state index in [4.69, 9.17) is 5.73 Å². The van der Waals surface area contributed by atoms with Gasteiger partial charge in [0.1, 0.15) is 0 Å². The molecule has 0 bridgehead atoms. The topological polar surface area (TPSA) is 58.4 Å². The Hall–Kier alpha value is -2.54. The van der Waals surface area contributed by atoms with Crippen LogP contribution in [0.25, 0.3) is 0 Å². The quantitative estimate of drug-likeness (QED) is 0.827. The first-order valence-corrected chi connectivity index (χ1v) is 7.92. The van der Waals surface area contributed by atoms with Gasteiger partial charge in [0, 0.05) is 17.9 Å². The van der Waals surface area contributed by atoms with Gasteiger partial charge >= 0.3 is 6.18 Å². The van der Waals surface area contributed by atoms with Crippen molar-refractivity contribution in [2.24, 2.45) is 0 Å². The lowest BCUT2D eigenvalue weighted by Crippen LogP contribution is -2.36. The fraction of sp³-hybridized carbons (Fsp3) is 0.278. The molecule has 0 aromatic heterocycles. The van der Waals surface area contributed by atoms with Crippen LogP contribution in [0.2, 0.25) is 0 Å². The molecule has 0 atom stereocenters. The molecular weight excluding hydrogens is 331 g/mol. The summed E-state index contributed by atoms with van der Waals surface area (Å²) in [7, 11) is 0. The highest BCUT2D eigenvalue weighted by Crippen LogP contribution is 2.33. The third-order valence-electron chi connectivity index (χ3n) is 4.14. The zero-order valence-corrected chi connectivity index (χ0v) is 13.4. The number of halogens is 3. The van der Waals surface area contributed by atoms with Crippen molar-refractivity contribution in [2.45, 2.75) is 19.1 Å². The molecule has 1 aliphatic heterocycles. The summed E-state index contributed by atoms with van der Waals surface area (Å²) in [5.74, 6) is -0.535. The first-order valence-electron chi connectivity index (χ1n) is 7.92. The van der Waals surface area contributed by atoms with Crippen LogP contribution in [-0.4, -0.2) is 23.9 Å². The van der Waals surface area contributed by atoms with Crippen LogP contribution in [0.4, 0.5) is 24.5 Å². The van der Waals surface area contributed by atoms with Gasteiger partial charge in [-0.25, -0.2) is 0 Å². The van der Waals surface area contributed by atoms with Crippen molar-refractivity contribution in [3.8, 4) is 0 Å². The van der Waals surface area contributed by atoms with E-state index in [1.54, 1.807) is 24.3 Å². The number of nitrogens with two attached hydrogens (primary N) is 1. The minimum atomic E-state index is -4.48. The fourth-order valence-corrected chi connectivity index (χ4v) is 2.72. The third kappa shape index (κ3) is 4.11. The molecule has 2 aromatic rings. The van der Waals surface area contributed by atoms with Crippen LogP contribution in [0.5, 0.6) is 0 Å². The Morgan fingerprint density at radius 2 is 1.88 bits per heavy atom. The fourth-order valence-electron chi connectivity index (χ4n) is 2.72. The molecule has 4 nitrogen and oxygen atoms in total. The van der Waals surface area contributed by atoms with Crippen LogP contribution < -0.4 is 11.1 Å². The van der Waals surface area contributed by atoms with Gasteiger partial charge in [-0.05, 0) is 55.4 Å². The van der Waals surface area contributed by atoms with E-state index < -0.39 is 17.6 Å². The molecule has 0 aliphatic carbocycles.